The van der Waals surface area contributed by atoms with Crippen LogP contribution in [0.25, 0.3) is 10.9 Å². The number of carboxylic acid groups (broad SMARTS) is 1. The standard InChI is InChI=1S/C9H6FNO2/c10-11-4-3-6-1-2-7(9(12)13)5-8(6)11/h1-5H,(H,12,13). The van der Waals surface area contributed by atoms with E-state index in [-0.39, 0.29) is 11.1 Å². The van der Waals surface area contributed by atoms with Crippen molar-refractivity contribution in [3.8, 4) is 0 Å². The third kappa shape index (κ3) is 1.16. The summed E-state index contributed by atoms with van der Waals surface area (Å²) in [6.07, 6.45) is 1.25. The highest BCUT2D eigenvalue weighted by atomic mass is 19.2. The fourth-order valence-corrected chi connectivity index (χ4v) is 1.23. The fourth-order valence-electron chi connectivity index (χ4n) is 1.23. The molecule has 2 rings (SSSR count). The van der Waals surface area contributed by atoms with E-state index in [1.165, 1.54) is 18.3 Å². The van der Waals surface area contributed by atoms with Crippen LogP contribution in [0.15, 0.2) is 30.5 Å². The van der Waals surface area contributed by atoms with E-state index < -0.39 is 5.97 Å². The van der Waals surface area contributed by atoms with E-state index in [2.05, 4.69) is 0 Å². The molecule has 13 heavy (non-hydrogen) atoms. The summed E-state index contributed by atoms with van der Waals surface area (Å²) in [6, 6.07) is 5.91. The number of aromatic nitrogens is 1. The molecule has 1 aromatic heterocycles. The van der Waals surface area contributed by atoms with E-state index in [9.17, 15) is 9.28 Å². The number of rotatable bonds is 1. The summed E-state index contributed by atoms with van der Waals surface area (Å²) in [5.41, 5.74) is 0.366. The van der Waals surface area contributed by atoms with E-state index in [0.29, 0.717) is 10.2 Å². The second-order valence-corrected chi connectivity index (χ2v) is 2.71. The van der Waals surface area contributed by atoms with Crippen molar-refractivity contribution in [3.05, 3.63) is 36.0 Å². The summed E-state index contributed by atoms with van der Waals surface area (Å²) in [7, 11) is 0. The highest BCUT2D eigenvalue weighted by Gasteiger charge is 2.05. The smallest absolute Gasteiger partial charge is 0.335 e. The Hall–Kier alpha value is -1.84. The van der Waals surface area contributed by atoms with Gasteiger partial charge in [0.15, 0.2) is 0 Å². The molecule has 1 N–H and O–H groups in total. The Morgan fingerprint density at radius 2 is 2.15 bits per heavy atom. The van der Waals surface area contributed by atoms with Gasteiger partial charge in [-0.15, -0.1) is 0 Å². The molecule has 1 heterocycles. The molecular formula is C9H6FNO2. The maximum Gasteiger partial charge on any atom is 0.335 e. The normalized spacial score (nSPS) is 10.5. The number of benzene rings is 1. The lowest BCUT2D eigenvalue weighted by molar-refractivity contribution is 0.0697. The van der Waals surface area contributed by atoms with Crippen molar-refractivity contribution in [1.29, 1.82) is 0 Å². The fraction of sp³-hybridized carbons (Fsp3) is 0. The van der Waals surface area contributed by atoms with Gasteiger partial charge in [0.25, 0.3) is 0 Å². The minimum Gasteiger partial charge on any atom is -0.478 e. The van der Waals surface area contributed by atoms with Gasteiger partial charge in [0, 0.05) is 11.6 Å². The van der Waals surface area contributed by atoms with Gasteiger partial charge in [-0.05, 0) is 18.2 Å². The molecule has 0 atom stereocenters. The quantitative estimate of drug-likeness (QED) is 0.728. The first kappa shape index (κ1) is 7.79. The molecule has 0 radical (unpaired) electrons. The van der Waals surface area contributed by atoms with Gasteiger partial charge < -0.3 is 5.11 Å². The van der Waals surface area contributed by atoms with Gasteiger partial charge >= 0.3 is 5.97 Å². The minimum atomic E-state index is -1.05. The number of fused-ring (bicyclic) bond motifs is 1. The van der Waals surface area contributed by atoms with Gasteiger partial charge in [-0.2, -0.15) is 4.79 Å². The van der Waals surface area contributed by atoms with E-state index in [0.717, 1.165) is 0 Å². The molecule has 0 aliphatic heterocycles. The zero-order chi connectivity index (χ0) is 9.42. The molecule has 2 aromatic rings. The lowest BCUT2D eigenvalue weighted by Crippen LogP contribution is -1.95. The van der Waals surface area contributed by atoms with Crippen molar-refractivity contribution in [2.75, 3.05) is 0 Å². The molecule has 0 fully saturated rings. The van der Waals surface area contributed by atoms with Crippen LogP contribution >= 0.6 is 0 Å². The molecule has 0 aliphatic rings. The number of halogens is 1. The van der Waals surface area contributed by atoms with Crippen molar-refractivity contribution >= 4 is 16.9 Å². The van der Waals surface area contributed by atoms with Crippen LogP contribution in [-0.4, -0.2) is 15.9 Å². The lowest BCUT2D eigenvalue weighted by atomic mass is 10.2. The Balaban J connectivity index is 2.72. The molecule has 0 aliphatic carbocycles. The second kappa shape index (κ2) is 2.58. The topological polar surface area (TPSA) is 42.2 Å². The van der Waals surface area contributed by atoms with Crippen LogP contribution in [0.1, 0.15) is 10.4 Å². The third-order valence-corrected chi connectivity index (χ3v) is 1.89. The monoisotopic (exact) mass is 179 g/mol. The molecule has 0 spiro atoms. The van der Waals surface area contributed by atoms with Gasteiger partial charge in [-0.25, -0.2) is 4.79 Å². The number of carboxylic acids is 1. The Bertz CT molecular complexity index is 475. The highest BCUT2D eigenvalue weighted by molar-refractivity contribution is 5.93. The molecule has 0 saturated carbocycles. The predicted octanol–water partition coefficient (Wildman–Crippen LogP) is 2.07. The maximum absolute atomic E-state index is 12.9. The lowest BCUT2D eigenvalue weighted by Gasteiger charge is -1.95. The van der Waals surface area contributed by atoms with E-state index in [1.807, 2.05) is 0 Å². The van der Waals surface area contributed by atoms with Crippen LogP contribution in [-0.2, 0) is 0 Å². The first-order chi connectivity index (χ1) is 6.18. The number of nitrogens with zero attached hydrogens (tertiary/aromatic N) is 1. The SMILES string of the molecule is O=C(O)c1ccc2ccn(F)c2c1. The summed E-state index contributed by atoms with van der Waals surface area (Å²) >= 11 is 0. The molecule has 1 aromatic carbocycles. The summed E-state index contributed by atoms with van der Waals surface area (Å²) in [5.74, 6) is -1.05. The van der Waals surface area contributed by atoms with Crippen molar-refractivity contribution in [3.63, 3.8) is 0 Å². The highest BCUT2D eigenvalue weighted by Crippen LogP contribution is 2.17. The summed E-state index contributed by atoms with van der Waals surface area (Å²) in [4.78, 5) is 11.0. The Morgan fingerprint density at radius 3 is 2.85 bits per heavy atom. The summed E-state index contributed by atoms with van der Waals surface area (Å²) in [5, 5.41) is 9.33. The molecular weight excluding hydrogens is 173 g/mol. The Morgan fingerprint density at radius 1 is 1.38 bits per heavy atom. The molecule has 0 bridgehead atoms. The van der Waals surface area contributed by atoms with Crippen molar-refractivity contribution < 1.29 is 14.4 Å². The van der Waals surface area contributed by atoms with Crippen LogP contribution in [0.2, 0.25) is 0 Å². The van der Waals surface area contributed by atoms with Crippen LogP contribution in [0.3, 0.4) is 0 Å². The van der Waals surface area contributed by atoms with Crippen molar-refractivity contribution in [2.45, 2.75) is 0 Å². The number of hydrogen-bond acceptors (Lipinski definition) is 1. The summed E-state index contributed by atoms with van der Waals surface area (Å²) < 4.78 is 12.9. The number of carbonyl (C=O) groups is 1. The first-order valence-corrected chi connectivity index (χ1v) is 3.69. The Kier molecular flexibility index (Phi) is 1.55. The van der Waals surface area contributed by atoms with Crippen molar-refractivity contribution in [1.82, 2.24) is 4.79 Å². The molecule has 0 saturated heterocycles. The van der Waals surface area contributed by atoms with Crippen LogP contribution in [0.4, 0.5) is 4.48 Å². The number of aromatic carboxylic acids is 1. The average Bonchev–Trinajstić information content (AvgIpc) is 2.47. The Labute approximate surface area is 73.0 Å². The molecule has 4 heteroatoms. The number of hydrogen-bond donors (Lipinski definition) is 1. The minimum absolute atomic E-state index is 0.0881. The molecule has 66 valence electrons. The third-order valence-electron chi connectivity index (χ3n) is 1.89. The van der Waals surface area contributed by atoms with Crippen LogP contribution < -0.4 is 0 Å². The van der Waals surface area contributed by atoms with Gasteiger partial charge in [0.2, 0.25) is 0 Å². The zero-order valence-electron chi connectivity index (χ0n) is 6.57. The van der Waals surface area contributed by atoms with E-state index in [1.54, 1.807) is 12.1 Å². The van der Waals surface area contributed by atoms with Crippen molar-refractivity contribution in [2.24, 2.45) is 0 Å². The van der Waals surface area contributed by atoms with Gasteiger partial charge in [-0.1, -0.05) is 10.5 Å². The maximum atomic E-state index is 12.9. The predicted molar refractivity (Wildman–Crippen MR) is 45.4 cm³/mol. The van der Waals surface area contributed by atoms with E-state index in [4.69, 9.17) is 5.11 Å². The van der Waals surface area contributed by atoms with Crippen LogP contribution in [0, 0.1) is 0 Å². The zero-order valence-corrected chi connectivity index (χ0v) is 6.57. The van der Waals surface area contributed by atoms with Gasteiger partial charge in [0.05, 0.1) is 11.1 Å². The van der Waals surface area contributed by atoms with Crippen LogP contribution in [0.5, 0.6) is 0 Å². The molecule has 0 unspecified atom stereocenters. The largest absolute Gasteiger partial charge is 0.478 e. The van der Waals surface area contributed by atoms with E-state index >= 15 is 0 Å². The molecule has 3 nitrogen and oxygen atoms in total. The van der Waals surface area contributed by atoms with Gasteiger partial charge in [0.1, 0.15) is 0 Å². The summed E-state index contributed by atoms with van der Waals surface area (Å²) in [6.45, 7) is 0. The molecule has 0 amide bonds. The average molecular weight is 179 g/mol. The second-order valence-electron chi connectivity index (χ2n) is 2.71. The van der Waals surface area contributed by atoms with Gasteiger partial charge in [-0.3, -0.25) is 0 Å². The first-order valence-electron chi connectivity index (χ1n) is 3.69.